The molecule has 0 aromatic heterocycles. The number of nitrogens with two attached hydrogens (primary N) is 1. The van der Waals surface area contributed by atoms with E-state index < -0.39 is 41.9 Å². The summed E-state index contributed by atoms with van der Waals surface area (Å²) >= 11 is 5.74. The van der Waals surface area contributed by atoms with Gasteiger partial charge in [0.05, 0.1) is 0 Å². The summed E-state index contributed by atoms with van der Waals surface area (Å²) in [6, 6.07) is 2.25. The van der Waals surface area contributed by atoms with Gasteiger partial charge >= 0.3 is 0 Å². The van der Waals surface area contributed by atoms with Gasteiger partial charge in [-0.05, 0) is 50.4 Å². The van der Waals surface area contributed by atoms with E-state index in [1.165, 1.54) is 23.2 Å². The Morgan fingerprint density at radius 2 is 2.12 bits per heavy atom. The first-order valence-electron chi connectivity index (χ1n) is 10.5. The molecule has 2 fully saturated rings. The monoisotopic (exact) mass is 467 g/mol. The smallest absolute Gasteiger partial charge is 0.261 e. The van der Waals surface area contributed by atoms with E-state index in [0.29, 0.717) is 32.4 Å². The van der Waals surface area contributed by atoms with Crippen molar-refractivity contribution in [3.05, 3.63) is 40.7 Å². The van der Waals surface area contributed by atoms with Gasteiger partial charge in [0.2, 0.25) is 11.8 Å². The highest BCUT2D eigenvalue weighted by Crippen LogP contribution is 2.20. The molecule has 3 amide bonds. The Morgan fingerprint density at radius 1 is 1.34 bits per heavy atom. The fraction of sp³-hybridized carbons (Fsp3) is 0.476. The first kappa shape index (κ1) is 24.1. The maximum atomic E-state index is 14.0. The third kappa shape index (κ3) is 6.04. The van der Waals surface area contributed by atoms with E-state index in [-0.39, 0.29) is 22.9 Å². The molecule has 1 unspecified atom stereocenters. The molecule has 0 saturated carbocycles. The van der Waals surface area contributed by atoms with Gasteiger partial charge in [0.1, 0.15) is 24.1 Å². The zero-order chi connectivity index (χ0) is 23.3. The number of halogens is 2. The Hall–Kier alpha value is -2.53. The summed E-state index contributed by atoms with van der Waals surface area (Å²) in [5.74, 6) is -2.56. The van der Waals surface area contributed by atoms with Gasteiger partial charge in [-0.25, -0.2) is 9.82 Å². The molecule has 11 heteroatoms. The Kier molecular flexibility index (Phi) is 8.19. The third-order valence-corrected chi connectivity index (χ3v) is 5.90. The molecule has 2 saturated heterocycles. The lowest BCUT2D eigenvalue weighted by Crippen LogP contribution is -2.60. The maximum absolute atomic E-state index is 14.0. The SMILES string of the molecule is NC(=O)[C@H](C[C@@H]1CCNC1O)NC(=O)[C@@H]1CCCNN1C(=O)/C=C/c1ccc(Cl)cc1F. The highest BCUT2D eigenvalue weighted by molar-refractivity contribution is 6.30. The lowest BCUT2D eigenvalue weighted by atomic mass is 9.96. The molecule has 0 radical (unpaired) electrons. The van der Waals surface area contributed by atoms with Gasteiger partial charge in [-0.15, -0.1) is 0 Å². The fourth-order valence-electron chi connectivity index (χ4n) is 3.90. The molecule has 1 aromatic carbocycles. The minimum absolute atomic E-state index is 0.179. The van der Waals surface area contributed by atoms with E-state index in [1.54, 1.807) is 0 Å². The van der Waals surface area contributed by atoms with Crippen molar-refractivity contribution in [3.8, 4) is 0 Å². The Morgan fingerprint density at radius 3 is 2.78 bits per heavy atom. The summed E-state index contributed by atoms with van der Waals surface area (Å²) < 4.78 is 14.0. The molecule has 3 rings (SSSR count). The highest BCUT2D eigenvalue weighted by atomic mass is 35.5. The molecule has 2 aliphatic heterocycles. The second-order valence-electron chi connectivity index (χ2n) is 7.92. The van der Waals surface area contributed by atoms with Crippen LogP contribution in [0.3, 0.4) is 0 Å². The predicted molar refractivity (Wildman–Crippen MR) is 116 cm³/mol. The summed E-state index contributed by atoms with van der Waals surface area (Å²) in [5, 5.41) is 16.8. The lowest BCUT2D eigenvalue weighted by molar-refractivity contribution is -0.143. The normalized spacial score (nSPS) is 24.5. The Balaban J connectivity index is 1.67. The number of carbonyl (C=O) groups excluding carboxylic acids is 3. The summed E-state index contributed by atoms with van der Waals surface area (Å²) in [4.78, 5) is 37.5. The number of hydrogen-bond acceptors (Lipinski definition) is 6. The molecule has 2 aliphatic rings. The molecule has 1 aromatic rings. The number of rotatable bonds is 7. The largest absolute Gasteiger partial charge is 0.378 e. The molecule has 174 valence electrons. The van der Waals surface area contributed by atoms with Gasteiger partial charge in [0.15, 0.2) is 0 Å². The van der Waals surface area contributed by atoms with Crippen molar-refractivity contribution < 1.29 is 23.9 Å². The van der Waals surface area contributed by atoms with Crippen LogP contribution in [0.4, 0.5) is 4.39 Å². The van der Waals surface area contributed by atoms with Gasteiger partial charge in [-0.2, -0.15) is 0 Å². The van der Waals surface area contributed by atoms with Crippen LogP contribution in [0.15, 0.2) is 24.3 Å². The van der Waals surface area contributed by atoms with Crippen molar-refractivity contribution in [2.45, 2.75) is 44.0 Å². The molecular weight excluding hydrogens is 441 g/mol. The van der Waals surface area contributed by atoms with E-state index in [9.17, 15) is 23.9 Å². The zero-order valence-electron chi connectivity index (χ0n) is 17.4. The number of amides is 3. The summed E-state index contributed by atoms with van der Waals surface area (Å²) in [6.45, 7) is 1.10. The van der Waals surface area contributed by atoms with Gasteiger partial charge in [-0.3, -0.25) is 24.7 Å². The molecule has 6 N–H and O–H groups in total. The van der Waals surface area contributed by atoms with Crippen molar-refractivity contribution in [3.63, 3.8) is 0 Å². The van der Waals surface area contributed by atoms with Gasteiger partial charge in [0, 0.05) is 29.1 Å². The highest BCUT2D eigenvalue weighted by Gasteiger charge is 2.35. The van der Waals surface area contributed by atoms with Crippen LogP contribution in [-0.4, -0.2) is 59.2 Å². The quantitative estimate of drug-likeness (QED) is 0.365. The zero-order valence-corrected chi connectivity index (χ0v) is 18.1. The average Bonchev–Trinajstić information content (AvgIpc) is 3.16. The lowest BCUT2D eigenvalue weighted by Gasteiger charge is -2.35. The number of aliphatic hydroxyl groups is 1. The maximum Gasteiger partial charge on any atom is 0.261 e. The van der Waals surface area contributed by atoms with Crippen LogP contribution in [0.5, 0.6) is 0 Å². The van der Waals surface area contributed by atoms with E-state index >= 15 is 0 Å². The number of hydrogen-bond donors (Lipinski definition) is 5. The van der Waals surface area contributed by atoms with E-state index in [2.05, 4.69) is 16.1 Å². The number of aliphatic hydroxyl groups excluding tert-OH is 1. The van der Waals surface area contributed by atoms with Crippen LogP contribution in [0.2, 0.25) is 5.02 Å². The van der Waals surface area contributed by atoms with Crippen LogP contribution in [-0.2, 0) is 14.4 Å². The topological polar surface area (TPSA) is 137 Å². The number of hydrazine groups is 1. The molecule has 2 heterocycles. The first-order chi connectivity index (χ1) is 15.3. The molecule has 4 atom stereocenters. The van der Waals surface area contributed by atoms with Crippen LogP contribution >= 0.6 is 11.6 Å². The van der Waals surface area contributed by atoms with Crippen molar-refractivity contribution in [1.29, 1.82) is 0 Å². The van der Waals surface area contributed by atoms with Gasteiger partial charge in [-0.1, -0.05) is 17.7 Å². The number of benzene rings is 1. The number of primary amides is 1. The Labute approximate surface area is 190 Å². The van der Waals surface area contributed by atoms with Crippen LogP contribution in [0, 0.1) is 11.7 Å². The number of carbonyl (C=O) groups is 3. The van der Waals surface area contributed by atoms with Crippen molar-refractivity contribution in [1.82, 2.24) is 21.1 Å². The van der Waals surface area contributed by atoms with Crippen molar-refractivity contribution in [2.24, 2.45) is 11.7 Å². The van der Waals surface area contributed by atoms with Gasteiger partial charge in [0.25, 0.3) is 5.91 Å². The van der Waals surface area contributed by atoms with Crippen LogP contribution in [0.1, 0.15) is 31.2 Å². The average molecular weight is 468 g/mol. The van der Waals surface area contributed by atoms with Gasteiger partial charge < -0.3 is 16.2 Å². The van der Waals surface area contributed by atoms with E-state index in [0.717, 1.165) is 12.1 Å². The second kappa shape index (κ2) is 10.9. The van der Waals surface area contributed by atoms with Crippen LogP contribution < -0.4 is 21.8 Å². The summed E-state index contributed by atoms with van der Waals surface area (Å²) in [6.07, 6.45) is 3.58. The molecular formula is C21H27ClFN5O4. The van der Waals surface area contributed by atoms with Crippen molar-refractivity contribution in [2.75, 3.05) is 13.1 Å². The minimum atomic E-state index is -0.973. The van der Waals surface area contributed by atoms with Crippen molar-refractivity contribution >= 4 is 35.4 Å². The minimum Gasteiger partial charge on any atom is -0.378 e. The third-order valence-electron chi connectivity index (χ3n) is 5.67. The molecule has 0 spiro atoms. The Bertz CT molecular complexity index is 899. The summed E-state index contributed by atoms with van der Waals surface area (Å²) in [7, 11) is 0. The second-order valence-corrected chi connectivity index (χ2v) is 8.36. The number of nitrogens with one attached hydrogen (secondary N) is 3. The molecule has 32 heavy (non-hydrogen) atoms. The molecule has 9 nitrogen and oxygen atoms in total. The molecule has 0 aliphatic carbocycles. The molecule has 0 bridgehead atoms. The van der Waals surface area contributed by atoms with Crippen LogP contribution in [0.25, 0.3) is 6.08 Å². The summed E-state index contributed by atoms with van der Waals surface area (Å²) in [5.41, 5.74) is 8.52. The van der Waals surface area contributed by atoms with E-state index in [4.69, 9.17) is 17.3 Å². The fourth-order valence-corrected chi connectivity index (χ4v) is 4.06. The number of nitrogens with zero attached hydrogens (tertiary/aromatic N) is 1. The predicted octanol–water partition coefficient (Wildman–Crippen LogP) is 0.276. The standard InChI is InChI=1S/C21H27ClFN5O4/c22-14-5-3-12(15(23)11-14)4-6-18(29)28-17(2-1-8-26-28)21(32)27-16(19(24)30)10-13-7-9-25-20(13)31/h3-6,11,13,16-17,20,25-26,31H,1-2,7-10H2,(H2,24,30)(H,27,32)/b6-4+/t13-,16-,17-,20?/m0/s1. The first-order valence-corrected chi connectivity index (χ1v) is 10.8. The van der Waals surface area contributed by atoms with E-state index in [1.807, 2.05) is 0 Å².